The average Bonchev–Trinajstić information content (AvgIpc) is 2.96. The first-order valence-corrected chi connectivity index (χ1v) is 8.76. The number of carbonyl (C=O) groups is 1. The Labute approximate surface area is 166 Å². The van der Waals surface area contributed by atoms with Crippen LogP contribution in [0.1, 0.15) is 32.9 Å². The van der Waals surface area contributed by atoms with Gasteiger partial charge in [0.25, 0.3) is 5.91 Å². The second kappa shape index (κ2) is 8.07. The minimum Gasteiger partial charge on any atom is -0.318 e. The maximum Gasteiger partial charge on any atom is 0.274 e. The zero-order chi connectivity index (χ0) is 20.3. The van der Waals surface area contributed by atoms with E-state index in [0.717, 1.165) is 28.7 Å². The predicted molar refractivity (Wildman–Crippen MR) is 106 cm³/mol. The molecule has 3 aromatic rings. The molecular formula is C21H16ClFN4O. The van der Waals surface area contributed by atoms with Crippen LogP contribution in [0.3, 0.4) is 0 Å². The molecule has 0 aliphatic heterocycles. The number of nitriles is 1. The van der Waals surface area contributed by atoms with Gasteiger partial charge in [-0.3, -0.25) is 4.79 Å². The summed E-state index contributed by atoms with van der Waals surface area (Å²) >= 11 is 5.95. The third-order valence-electron chi connectivity index (χ3n) is 4.27. The van der Waals surface area contributed by atoms with Crippen molar-refractivity contribution in [1.29, 1.82) is 5.26 Å². The maximum absolute atomic E-state index is 13.9. The number of hydrogen-bond donors (Lipinski definition) is 1. The quantitative estimate of drug-likeness (QED) is 0.522. The number of aromatic nitrogens is 1. The van der Waals surface area contributed by atoms with E-state index in [9.17, 15) is 9.18 Å². The van der Waals surface area contributed by atoms with Crippen LogP contribution in [-0.4, -0.2) is 16.7 Å². The Morgan fingerprint density at radius 2 is 1.93 bits per heavy atom. The van der Waals surface area contributed by atoms with Gasteiger partial charge in [0.1, 0.15) is 5.82 Å². The largest absolute Gasteiger partial charge is 0.318 e. The van der Waals surface area contributed by atoms with Crippen molar-refractivity contribution in [2.24, 2.45) is 5.10 Å². The Morgan fingerprint density at radius 1 is 1.21 bits per heavy atom. The Balaban J connectivity index is 1.78. The maximum atomic E-state index is 13.9. The molecule has 2 aromatic carbocycles. The first-order valence-electron chi connectivity index (χ1n) is 8.38. The number of benzene rings is 2. The SMILES string of the molecule is Cc1cc(/C=N/NC(=O)c2ccc(C#N)cc2F)c(C)n1-c1ccc(Cl)cc1. The van der Waals surface area contributed by atoms with Gasteiger partial charge in [-0.2, -0.15) is 10.4 Å². The van der Waals surface area contributed by atoms with Crippen LogP contribution in [0.2, 0.25) is 5.02 Å². The van der Waals surface area contributed by atoms with Crippen LogP contribution in [-0.2, 0) is 0 Å². The fourth-order valence-corrected chi connectivity index (χ4v) is 3.02. The third-order valence-corrected chi connectivity index (χ3v) is 4.52. The van der Waals surface area contributed by atoms with E-state index in [-0.39, 0.29) is 11.1 Å². The Bertz CT molecular complexity index is 1110. The van der Waals surface area contributed by atoms with E-state index in [2.05, 4.69) is 10.5 Å². The van der Waals surface area contributed by atoms with Crippen molar-refractivity contribution in [3.63, 3.8) is 0 Å². The summed E-state index contributed by atoms with van der Waals surface area (Å²) in [6, 6.07) is 14.9. The van der Waals surface area contributed by atoms with Gasteiger partial charge in [-0.25, -0.2) is 9.82 Å². The Morgan fingerprint density at radius 3 is 2.57 bits per heavy atom. The van der Waals surface area contributed by atoms with Crippen LogP contribution < -0.4 is 5.43 Å². The number of carbonyl (C=O) groups excluding carboxylic acids is 1. The van der Waals surface area contributed by atoms with Crippen molar-refractivity contribution >= 4 is 23.7 Å². The first kappa shape index (κ1) is 19.3. The highest BCUT2D eigenvalue weighted by atomic mass is 35.5. The molecule has 0 aliphatic rings. The fraction of sp³-hybridized carbons (Fsp3) is 0.0952. The van der Waals surface area contributed by atoms with E-state index in [1.54, 1.807) is 0 Å². The zero-order valence-electron chi connectivity index (χ0n) is 15.2. The summed E-state index contributed by atoms with van der Waals surface area (Å²) in [7, 11) is 0. The minimum atomic E-state index is -0.771. The molecule has 140 valence electrons. The van der Waals surface area contributed by atoms with Gasteiger partial charge in [0.05, 0.1) is 23.4 Å². The molecule has 7 heteroatoms. The fourth-order valence-electron chi connectivity index (χ4n) is 2.90. The molecule has 0 saturated heterocycles. The van der Waals surface area contributed by atoms with E-state index in [1.807, 2.05) is 54.8 Å². The van der Waals surface area contributed by atoms with Crippen LogP contribution in [0, 0.1) is 31.0 Å². The molecule has 0 bridgehead atoms. The van der Waals surface area contributed by atoms with Crippen LogP contribution >= 0.6 is 11.6 Å². The molecule has 1 amide bonds. The van der Waals surface area contributed by atoms with Gasteiger partial charge in [0.15, 0.2) is 0 Å². The van der Waals surface area contributed by atoms with Crippen molar-refractivity contribution in [2.45, 2.75) is 13.8 Å². The second-order valence-corrected chi connectivity index (χ2v) is 6.58. The lowest BCUT2D eigenvalue weighted by molar-refractivity contribution is 0.0951. The number of aryl methyl sites for hydroxylation is 1. The molecule has 0 radical (unpaired) electrons. The molecule has 28 heavy (non-hydrogen) atoms. The number of rotatable bonds is 4. The summed E-state index contributed by atoms with van der Waals surface area (Å²) in [6.07, 6.45) is 1.51. The molecule has 0 spiro atoms. The monoisotopic (exact) mass is 394 g/mol. The lowest BCUT2D eigenvalue weighted by atomic mass is 10.1. The van der Waals surface area contributed by atoms with Crippen molar-refractivity contribution in [2.75, 3.05) is 0 Å². The second-order valence-electron chi connectivity index (χ2n) is 6.14. The summed E-state index contributed by atoms with van der Waals surface area (Å²) < 4.78 is 15.9. The summed E-state index contributed by atoms with van der Waals surface area (Å²) in [5, 5.41) is 13.3. The van der Waals surface area contributed by atoms with E-state index in [0.29, 0.717) is 5.02 Å². The molecule has 0 unspecified atom stereocenters. The van der Waals surface area contributed by atoms with E-state index in [1.165, 1.54) is 18.3 Å². The lowest BCUT2D eigenvalue weighted by Crippen LogP contribution is -2.19. The van der Waals surface area contributed by atoms with Gasteiger partial charge in [-0.15, -0.1) is 0 Å². The number of nitrogens with one attached hydrogen (secondary N) is 1. The van der Waals surface area contributed by atoms with Gasteiger partial charge < -0.3 is 4.57 Å². The van der Waals surface area contributed by atoms with E-state index < -0.39 is 11.7 Å². The predicted octanol–water partition coefficient (Wildman–Crippen LogP) is 4.52. The smallest absolute Gasteiger partial charge is 0.274 e. The van der Waals surface area contributed by atoms with Crippen LogP contribution in [0.5, 0.6) is 0 Å². The van der Waals surface area contributed by atoms with Crippen molar-refractivity contribution in [3.05, 3.63) is 87.4 Å². The number of amides is 1. The van der Waals surface area contributed by atoms with Crippen LogP contribution in [0.15, 0.2) is 53.6 Å². The van der Waals surface area contributed by atoms with Gasteiger partial charge in [-0.05, 0) is 62.4 Å². The van der Waals surface area contributed by atoms with Crippen LogP contribution in [0.4, 0.5) is 4.39 Å². The molecule has 5 nitrogen and oxygen atoms in total. The van der Waals surface area contributed by atoms with Gasteiger partial charge >= 0.3 is 0 Å². The molecule has 0 fully saturated rings. The topological polar surface area (TPSA) is 70.2 Å². The molecule has 1 N–H and O–H groups in total. The highest BCUT2D eigenvalue weighted by molar-refractivity contribution is 6.30. The standard InChI is InChI=1S/C21H16ClFN4O/c1-13-9-16(14(2)27(13)18-6-4-17(22)5-7-18)12-25-26-21(28)19-8-3-15(11-24)10-20(19)23/h3-10,12H,1-2H3,(H,26,28)/b25-12+. The van der Waals surface area contributed by atoms with Gasteiger partial charge in [-0.1, -0.05) is 11.6 Å². The first-order chi connectivity index (χ1) is 13.4. The van der Waals surface area contributed by atoms with Crippen molar-refractivity contribution in [3.8, 4) is 11.8 Å². The molecule has 1 heterocycles. The van der Waals surface area contributed by atoms with E-state index in [4.69, 9.17) is 16.9 Å². The van der Waals surface area contributed by atoms with E-state index >= 15 is 0 Å². The highest BCUT2D eigenvalue weighted by Crippen LogP contribution is 2.21. The van der Waals surface area contributed by atoms with Crippen molar-refractivity contribution < 1.29 is 9.18 Å². The molecular weight excluding hydrogens is 379 g/mol. The normalized spacial score (nSPS) is 10.8. The number of hydrogen-bond acceptors (Lipinski definition) is 3. The summed E-state index contributed by atoms with van der Waals surface area (Å²) in [4.78, 5) is 12.1. The van der Waals surface area contributed by atoms with Crippen molar-refractivity contribution in [1.82, 2.24) is 9.99 Å². The molecule has 0 aliphatic carbocycles. The molecule has 0 atom stereocenters. The van der Waals surface area contributed by atoms with Gasteiger partial charge in [0, 0.05) is 27.7 Å². The zero-order valence-corrected chi connectivity index (χ0v) is 16.0. The molecule has 3 rings (SSSR count). The third kappa shape index (κ3) is 3.95. The number of hydrazone groups is 1. The Hall–Kier alpha value is -3.43. The lowest BCUT2D eigenvalue weighted by Gasteiger charge is -2.09. The summed E-state index contributed by atoms with van der Waals surface area (Å²) in [5.74, 6) is -1.46. The number of halogens is 2. The summed E-state index contributed by atoms with van der Waals surface area (Å²) in [6.45, 7) is 3.90. The summed E-state index contributed by atoms with van der Waals surface area (Å²) in [5.41, 5.74) is 5.98. The molecule has 1 aromatic heterocycles. The average molecular weight is 395 g/mol. The van der Waals surface area contributed by atoms with Gasteiger partial charge in [0.2, 0.25) is 0 Å². The van der Waals surface area contributed by atoms with Crippen LogP contribution in [0.25, 0.3) is 5.69 Å². The molecule has 0 saturated carbocycles. The number of nitrogens with zero attached hydrogens (tertiary/aromatic N) is 3. The Kier molecular flexibility index (Phi) is 5.57. The highest BCUT2D eigenvalue weighted by Gasteiger charge is 2.12. The minimum absolute atomic E-state index is 0.146.